The van der Waals surface area contributed by atoms with Gasteiger partial charge in [-0.3, -0.25) is 0 Å². The highest BCUT2D eigenvalue weighted by molar-refractivity contribution is 7.25. The fourth-order valence-corrected chi connectivity index (χ4v) is 9.14. The molecule has 11 rings (SSSR count). The molecule has 0 bridgehead atoms. The molecule has 0 radical (unpaired) electrons. The molecule has 214 valence electrons. The maximum atomic E-state index is 2.49. The van der Waals surface area contributed by atoms with Crippen LogP contribution in [0.3, 0.4) is 0 Å². The first kappa shape index (κ1) is 24.5. The van der Waals surface area contributed by atoms with Crippen molar-refractivity contribution in [1.29, 1.82) is 0 Å². The first-order valence-electron chi connectivity index (χ1n) is 15.7. The van der Waals surface area contributed by atoms with E-state index in [2.05, 4.69) is 165 Å². The first-order chi connectivity index (χ1) is 22.8. The fraction of sp³-hybridized carbons (Fsp3) is 0. The number of fused-ring (bicyclic) bond motifs is 6. The van der Waals surface area contributed by atoms with E-state index in [1.807, 2.05) is 11.3 Å². The third-order valence-electron chi connectivity index (χ3n) is 9.80. The van der Waals surface area contributed by atoms with Crippen molar-refractivity contribution in [3.63, 3.8) is 0 Å². The smallest absolute Gasteiger partial charge is 0.0563 e. The molecule has 0 aliphatic heterocycles. The molecule has 0 saturated carbocycles. The Bertz CT molecular complexity index is 2900. The predicted molar refractivity (Wildman–Crippen MR) is 196 cm³/mol. The van der Waals surface area contributed by atoms with Gasteiger partial charge in [0.2, 0.25) is 0 Å². The molecule has 0 saturated heterocycles. The van der Waals surface area contributed by atoms with Crippen molar-refractivity contribution in [2.75, 3.05) is 0 Å². The van der Waals surface area contributed by atoms with E-state index in [4.69, 9.17) is 0 Å². The number of hydrogen-bond acceptors (Lipinski definition) is 1. The molecule has 0 aliphatic rings. The van der Waals surface area contributed by atoms with Crippen molar-refractivity contribution in [1.82, 2.24) is 13.7 Å². The van der Waals surface area contributed by atoms with Crippen molar-refractivity contribution < 1.29 is 0 Å². The van der Waals surface area contributed by atoms with Crippen LogP contribution in [0.1, 0.15) is 0 Å². The van der Waals surface area contributed by atoms with Crippen LogP contribution in [0.4, 0.5) is 0 Å². The molecule has 4 aromatic heterocycles. The molecule has 0 N–H and O–H groups in total. The van der Waals surface area contributed by atoms with Crippen LogP contribution in [0.5, 0.6) is 0 Å². The zero-order valence-electron chi connectivity index (χ0n) is 24.7. The highest BCUT2D eigenvalue weighted by Gasteiger charge is 2.24. The summed E-state index contributed by atoms with van der Waals surface area (Å²) in [7, 11) is 0. The third-order valence-corrected chi connectivity index (χ3v) is 10.9. The second kappa shape index (κ2) is 8.87. The number of para-hydroxylation sites is 2. The average molecular weight is 604 g/mol. The summed E-state index contributed by atoms with van der Waals surface area (Å²) in [5.74, 6) is 0. The minimum atomic E-state index is 1.18. The molecular formula is C42H25N3S. The average Bonchev–Trinajstić information content (AvgIpc) is 3.85. The lowest BCUT2D eigenvalue weighted by Crippen LogP contribution is -1.98. The molecule has 11 aromatic rings. The number of nitrogens with zero attached hydrogens (tertiary/aromatic N) is 3. The summed E-state index contributed by atoms with van der Waals surface area (Å²) in [5, 5.41) is 7.80. The van der Waals surface area contributed by atoms with E-state index in [-0.39, 0.29) is 0 Å². The van der Waals surface area contributed by atoms with Gasteiger partial charge in [0.25, 0.3) is 0 Å². The Morgan fingerprint density at radius 2 is 0.891 bits per heavy atom. The van der Waals surface area contributed by atoms with Gasteiger partial charge in [-0.15, -0.1) is 11.3 Å². The van der Waals surface area contributed by atoms with E-state index < -0.39 is 0 Å². The summed E-state index contributed by atoms with van der Waals surface area (Å²) in [6.45, 7) is 0. The number of benzene rings is 7. The Morgan fingerprint density at radius 1 is 0.326 bits per heavy atom. The first-order valence-corrected chi connectivity index (χ1v) is 16.5. The SMILES string of the molecule is c1ccc(-n2c3ccccc3c3cc(-n4c5cccc6c5c5c4cccc5n6-c4cccc5sc6ccccc6c45)ccc32)cc1. The maximum Gasteiger partial charge on any atom is 0.0563 e. The van der Waals surface area contributed by atoms with Crippen LogP contribution >= 0.6 is 11.3 Å². The monoisotopic (exact) mass is 603 g/mol. The highest BCUT2D eigenvalue weighted by Crippen LogP contribution is 2.45. The predicted octanol–water partition coefficient (Wildman–Crippen LogP) is 11.6. The molecule has 0 spiro atoms. The van der Waals surface area contributed by atoms with Crippen molar-refractivity contribution >= 4 is 86.2 Å². The lowest BCUT2D eigenvalue weighted by Gasteiger charge is -2.14. The van der Waals surface area contributed by atoms with Crippen LogP contribution < -0.4 is 0 Å². The Labute approximate surface area is 267 Å². The lowest BCUT2D eigenvalue weighted by atomic mass is 10.1. The quantitative estimate of drug-likeness (QED) is 0.191. The van der Waals surface area contributed by atoms with E-state index in [1.54, 1.807) is 0 Å². The van der Waals surface area contributed by atoms with E-state index in [0.29, 0.717) is 0 Å². The Kier molecular flexibility index (Phi) is 4.72. The van der Waals surface area contributed by atoms with Crippen molar-refractivity contribution in [2.24, 2.45) is 0 Å². The molecule has 3 nitrogen and oxygen atoms in total. The van der Waals surface area contributed by atoms with Crippen molar-refractivity contribution in [3.05, 3.63) is 152 Å². The van der Waals surface area contributed by atoms with E-state index >= 15 is 0 Å². The number of aromatic nitrogens is 3. The molecule has 0 atom stereocenters. The molecule has 7 aromatic carbocycles. The number of thiophene rings is 1. The second-order valence-electron chi connectivity index (χ2n) is 12.2. The van der Waals surface area contributed by atoms with Crippen LogP contribution in [-0.2, 0) is 0 Å². The summed E-state index contributed by atoms with van der Waals surface area (Å²) < 4.78 is 9.99. The van der Waals surface area contributed by atoms with Crippen molar-refractivity contribution in [3.8, 4) is 17.1 Å². The number of hydrogen-bond donors (Lipinski definition) is 0. The zero-order valence-corrected chi connectivity index (χ0v) is 25.5. The molecule has 0 fully saturated rings. The van der Waals surface area contributed by atoms with Gasteiger partial charge in [0, 0.05) is 53.1 Å². The van der Waals surface area contributed by atoms with E-state index in [1.165, 1.54) is 91.9 Å². The fourth-order valence-electron chi connectivity index (χ4n) is 8.01. The summed E-state index contributed by atoms with van der Waals surface area (Å²) in [5.41, 5.74) is 11.0. The second-order valence-corrected chi connectivity index (χ2v) is 13.2. The Morgan fingerprint density at radius 3 is 1.67 bits per heavy atom. The van der Waals surface area contributed by atoms with Gasteiger partial charge in [-0.2, -0.15) is 0 Å². The Hall–Kier alpha value is -5.84. The van der Waals surface area contributed by atoms with Crippen LogP contribution in [0.15, 0.2) is 152 Å². The topological polar surface area (TPSA) is 14.8 Å². The van der Waals surface area contributed by atoms with Crippen LogP contribution in [0.25, 0.3) is 91.9 Å². The molecule has 0 aliphatic carbocycles. The summed E-state index contributed by atoms with van der Waals surface area (Å²) in [6, 6.07) is 55.5. The minimum Gasteiger partial charge on any atom is -0.309 e. The molecule has 0 unspecified atom stereocenters. The summed E-state index contributed by atoms with van der Waals surface area (Å²) in [4.78, 5) is 0. The standard InChI is InChI=1S/C42H25N3S/c1-2-11-26(12-3-1)43-31-15-6-4-13-28(31)30-25-27(23-24-32(30)43)44-34-16-8-18-36-41(34)42-35(44)17-9-19-37(42)45(36)33-20-10-22-39-40(33)29-14-5-7-21-38(29)46-39/h1-25H. The third kappa shape index (κ3) is 3.06. The molecule has 4 heterocycles. The van der Waals surface area contributed by atoms with Gasteiger partial charge >= 0.3 is 0 Å². The largest absolute Gasteiger partial charge is 0.309 e. The number of rotatable bonds is 3. The van der Waals surface area contributed by atoms with Gasteiger partial charge in [-0.25, -0.2) is 0 Å². The van der Waals surface area contributed by atoms with Gasteiger partial charge in [-0.1, -0.05) is 72.8 Å². The van der Waals surface area contributed by atoms with Gasteiger partial charge in [0.15, 0.2) is 0 Å². The normalized spacial score (nSPS) is 12.3. The van der Waals surface area contributed by atoms with Crippen molar-refractivity contribution in [2.45, 2.75) is 0 Å². The van der Waals surface area contributed by atoms with Crippen LogP contribution in [0, 0.1) is 0 Å². The Balaban J connectivity index is 1.21. The molecule has 4 heteroatoms. The summed E-state index contributed by atoms with van der Waals surface area (Å²) >= 11 is 1.87. The summed E-state index contributed by atoms with van der Waals surface area (Å²) in [6.07, 6.45) is 0. The van der Waals surface area contributed by atoms with Gasteiger partial charge in [0.1, 0.15) is 0 Å². The zero-order chi connectivity index (χ0) is 29.9. The maximum absolute atomic E-state index is 2.49. The van der Waals surface area contributed by atoms with Gasteiger partial charge in [-0.05, 0) is 78.9 Å². The van der Waals surface area contributed by atoms with Gasteiger partial charge in [0.05, 0.1) is 38.8 Å². The van der Waals surface area contributed by atoms with E-state index in [0.717, 1.165) is 0 Å². The lowest BCUT2D eigenvalue weighted by molar-refractivity contribution is 1.16. The van der Waals surface area contributed by atoms with E-state index in [9.17, 15) is 0 Å². The van der Waals surface area contributed by atoms with Crippen LogP contribution in [-0.4, -0.2) is 13.7 Å². The molecular weight excluding hydrogens is 579 g/mol. The minimum absolute atomic E-state index is 1.18. The van der Waals surface area contributed by atoms with Crippen LogP contribution in [0.2, 0.25) is 0 Å². The highest BCUT2D eigenvalue weighted by atomic mass is 32.1. The van der Waals surface area contributed by atoms with Gasteiger partial charge < -0.3 is 13.7 Å². The molecule has 0 amide bonds. The molecule has 46 heavy (non-hydrogen) atoms.